The van der Waals surface area contributed by atoms with Gasteiger partial charge in [0.1, 0.15) is 0 Å². The minimum absolute atomic E-state index is 0.146. The van der Waals surface area contributed by atoms with E-state index in [4.69, 9.17) is 5.73 Å². The molecule has 0 spiro atoms. The van der Waals surface area contributed by atoms with Gasteiger partial charge in [-0.1, -0.05) is 18.2 Å². The number of rotatable bonds is 5. The summed E-state index contributed by atoms with van der Waals surface area (Å²) in [5, 5.41) is 0. The molecule has 2 N–H and O–H groups in total. The van der Waals surface area contributed by atoms with Crippen LogP contribution >= 0.6 is 0 Å². The molecule has 0 aromatic heterocycles. The number of benzene rings is 1. The summed E-state index contributed by atoms with van der Waals surface area (Å²) in [6.45, 7) is 1.85. The summed E-state index contributed by atoms with van der Waals surface area (Å²) in [6, 6.07) is 7.95. The maximum Gasteiger partial charge on any atom is 0.389 e. The Morgan fingerprint density at radius 1 is 1.26 bits per heavy atom. The Morgan fingerprint density at radius 2 is 2.00 bits per heavy atom. The Hall–Kier alpha value is -1.23. The van der Waals surface area contributed by atoms with E-state index in [2.05, 4.69) is 11.0 Å². The van der Waals surface area contributed by atoms with Gasteiger partial charge >= 0.3 is 6.18 Å². The first-order chi connectivity index (χ1) is 9.01. The fraction of sp³-hybridized carbons (Fsp3) is 0.571. The molecule has 1 unspecified atom stereocenters. The number of para-hydroxylation sites is 1. The molecule has 106 valence electrons. The van der Waals surface area contributed by atoms with Crippen molar-refractivity contribution in [2.45, 2.75) is 31.4 Å². The average Bonchev–Trinajstić information content (AvgIpc) is 2.68. The molecular weight excluding hydrogens is 253 g/mol. The van der Waals surface area contributed by atoms with Gasteiger partial charge in [0.05, 0.1) is 0 Å². The summed E-state index contributed by atoms with van der Waals surface area (Å²) in [7, 11) is 0. The van der Waals surface area contributed by atoms with Gasteiger partial charge < -0.3 is 10.6 Å². The van der Waals surface area contributed by atoms with E-state index in [1.807, 2.05) is 18.2 Å². The molecule has 5 heteroatoms. The quantitative estimate of drug-likeness (QED) is 0.891. The van der Waals surface area contributed by atoms with Crippen molar-refractivity contribution < 1.29 is 13.2 Å². The molecule has 1 heterocycles. The molecule has 1 aliphatic heterocycles. The largest absolute Gasteiger partial charge is 0.389 e. The first-order valence-electron chi connectivity index (χ1n) is 6.62. The minimum atomic E-state index is -4.06. The van der Waals surface area contributed by atoms with E-state index in [-0.39, 0.29) is 6.42 Å². The van der Waals surface area contributed by atoms with Crippen LogP contribution in [0, 0.1) is 0 Å². The Balaban J connectivity index is 1.99. The molecule has 0 saturated heterocycles. The van der Waals surface area contributed by atoms with Gasteiger partial charge in [0.25, 0.3) is 0 Å². The molecule has 1 aromatic rings. The molecule has 19 heavy (non-hydrogen) atoms. The van der Waals surface area contributed by atoms with Gasteiger partial charge in [0.15, 0.2) is 0 Å². The molecule has 0 saturated carbocycles. The smallest absolute Gasteiger partial charge is 0.371 e. The molecule has 2 nitrogen and oxygen atoms in total. The summed E-state index contributed by atoms with van der Waals surface area (Å²) in [4.78, 5) is 2.06. The number of nitrogens with zero attached hydrogens (tertiary/aromatic N) is 1. The molecule has 1 aliphatic rings. The Bertz CT molecular complexity index is 417. The predicted octanol–water partition coefficient (Wildman–Crippen LogP) is 3.28. The van der Waals surface area contributed by atoms with E-state index >= 15 is 0 Å². The standard InChI is InChI=1S/C14H19F3N2/c15-14(16,17)7-3-9-19-10-11(6-8-18)12-4-1-2-5-13(12)19/h1-2,4-5,11H,3,6-10,18H2. The van der Waals surface area contributed by atoms with Crippen molar-refractivity contribution in [3.63, 3.8) is 0 Å². The molecular formula is C14H19F3N2. The van der Waals surface area contributed by atoms with Crippen LogP contribution in [0.4, 0.5) is 18.9 Å². The topological polar surface area (TPSA) is 29.3 Å². The van der Waals surface area contributed by atoms with E-state index in [1.54, 1.807) is 0 Å². The summed E-state index contributed by atoms with van der Waals surface area (Å²) in [5.74, 6) is 0.354. The average molecular weight is 272 g/mol. The van der Waals surface area contributed by atoms with E-state index in [0.29, 0.717) is 19.0 Å². The van der Waals surface area contributed by atoms with E-state index in [1.165, 1.54) is 5.56 Å². The van der Waals surface area contributed by atoms with Crippen LogP contribution in [0.3, 0.4) is 0 Å². The fourth-order valence-electron chi connectivity index (χ4n) is 2.71. The van der Waals surface area contributed by atoms with Gasteiger partial charge in [0, 0.05) is 31.1 Å². The highest BCUT2D eigenvalue weighted by Gasteiger charge is 2.30. The first kappa shape index (κ1) is 14.2. The summed E-state index contributed by atoms with van der Waals surface area (Å²) < 4.78 is 36.6. The highest BCUT2D eigenvalue weighted by Crippen LogP contribution is 2.38. The molecule has 0 amide bonds. The van der Waals surface area contributed by atoms with Crippen molar-refractivity contribution in [3.05, 3.63) is 29.8 Å². The van der Waals surface area contributed by atoms with Gasteiger partial charge in [-0.2, -0.15) is 13.2 Å². The van der Waals surface area contributed by atoms with Crippen LogP contribution in [0.15, 0.2) is 24.3 Å². The molecule has 1 aromatic carbocycles. The number of nitrogens with two attached hydrogens (primary N) is 1. The van der Waals surface area contributed by atoms with Crippen molar-refractivity contribution in [1.82, 2.24) is 0 Å². The second kappa shape index (κ2) is 5.82. The van der Waals surface area contributed by atoms with Crippen LogP contribution in [0.1, 0.15) is 30.7 Å². The molecule has 1 atom stereocenters. The monoisotopic (exact) mass is 272 g/mol. The number of fused-ring (bicyclic) bond motifs is 1. The Kier molecular flexibility index (Phi) is 4.34. The van der Waals surface area contributed by atoms with Crippen LogP contribution < -0.4 is 10.6 Å². The van der Waals surface area contributed by atoms with E-state index in [0.717, 1.165) is 18.7 Å². The predicted molar refractivity (Wildman–Crippen MR) is 70.4 cm³/mol. The molecule has 2 rings (SSSR count). The normalized spacial score (nSPS) is 18.7. The van der Waals surface area contributed by atoms with Crippen molar-refractivity contribution in [3.8, 4) is 0 Å². The zero-order chi connectivity index (χ0) is 13.9. The second-order valence-corrected chi connectivity index (χ2v) is 5.00. The van der Waals surface area contributed by atoms with Crippen molar-refractivity contribution in [2.75, 3.05) is 24.5 Å². The van der Waals surface area contributed by atoms with Crippen molar-refractivity contribution >= 4 is 5.69 Å². The maximum atomic E-state index is 12.2. The third-order valence-electron chi connectivity index (χ3n) is 3.56. The lowest BCUT2D eigenvalue weighted by Gasteiger charge is -2.20. The number of alkyl halides is 3. The number of hydrogen-bond acceptors (Lipinski definition) is 2. The highest BCUT2D eigenvalue weighted by atomic mass is 19.4. The first-order valence-corrected chi connectivity index (χ1v) is 6.62. The lowest BCUT2D eigenvalue weighted by atomic mass is 9.98. The van der Waals surface area contributed by atoms with Gasteiger partial charge in [-0.15, -0.1) is 0 Å². The molecule has 0 fully saturated rings. The summed E-state index contributed by atoms with van der Waals surface area (Å²) >= 11 is 0. The van der Waals surface area contributed by atoms with E-state index < -0.39 is 12.6 Å². The highest BCUT2D eigenvalue weighted by molar-refractivity contribution is 5.60. The van der Waals surface area contributed by atoms with Gasteiger partial charge in [0.2, 0.25) is 0 Å². The molecule has 0 radical (unpaired) electrons. The van der Waals surface area contributed by atoms with E-state index in [9.17, 15) is 13.2 Å². The lowest BCUT2D eigenvalue weighted by Crippen LogP contribution is -2.25. The molecule has 0 bridgehead atoms. The maximum absolute atomic E-state index is 12.2. The van der Waals surface area contributed by atoms with Crippen LogP contribution in [0.5, 0.6) is 0 Å². The lowest BCUT2D eigenvalue weighted by molar-refractivity contribution is -0.135. The van der Waals surface area contributed by atoms with Crippen LogP contribution in [0.2, 0.25) is 0 Å². The third kappa shape index (κ3) is 3.62. The Morgan fingerprint density at radius 3 is 2.68 bits per heavy atom. The number of anilines is 1. The van der Waals surface area contributed by atoms with Crippen LogP contribution in [0.25, 0.3) is 0 Å². The SMILES string of the molecule is NCCC1CN(CCCC(F)(F)F)c2ccccc21. The fourth-order valence-corrected chi connectivity index (χ4v) is 2.71. The van der Waals surface area contributed by atoms with Crippen molar-refractivity contribution in [1.29, 1.82) is 0 Å². The molecule has 0 aliphatic carbocycles. The second-order valence-electron chi connectivity index (χ2n) is 5.00. The van der Waals surface area contributed by atoms with Crippen LogP contribution in [-0.4, -0.2) is 25.8 Å². The van der Waals surface area contributed by atoms with Gasteiger partial charge in [-0.05, 0) is 31.0 Å². The summed E-state index contributed by atoms with van der Waals surface area (Å²) in [6.07, 6.45) is -3.75. The summed E-state index contributed by atoms with van der Waals surface area (Å²) in [5.41, 5.74) is 7.90. The zero-order valence-electron chi connectivity index (χ0n) is 10.8. The van der Waals surface area contributed by atoms with Crippen molar-refractivity contribution in [2.24, 2.45) is 5.73 Å². The number of hydrogen-bond donors (Lipinski definition) is 1. The third-order valence-corrected chi connectivity index (χ3v) is 3.56. The minimum Gasteiger partial charge on any atom is -0.371 e. The van der Waals surface area contributed by atoms with Gasteiger partial charge in [-0.25, -0.2) is 0 Å². The zero-order valence-corrected chi connectivity index (χ0v) is 10.8. The Labute approximate surface area is 111 Å². The van der Waals surface area contributed by atoms with Crippen LogP contribution in [-0.2, 0) is 0 Å². The van der Waals surface area contributed by atoms with Gasteiger partial charge in [-0.3, -0.25) is 0 Å². The number of halogens is 3.